The summed E-state index contributed by atoms with van der Waals surface area (Å²) < 4.78 is 9.46. The summed E-state index contributed by atoms with van der Waals surface area (Å²) in [5.74, 6) is 2.39. The van der Waals surface area contributed by atoms with Crippen molar-refractivity contribution in [1.29, 1.82) is 0 Å². The van der Waals surface area contributed by atoms with Gasteiger partial charge in [-0.3, -0.25) is 9.59 Å². The third kappa shape index (κ3) is 6.00. The number of rotatable bonds is 9. The highest BCUT2D eigenvalue weighted by atomic mass is 16.5. The van der Waals surface area contributed by atoms with Gasteiger partial charge in [0.15, 0.2) is 0 Å². The number of carbonyl (C=O) groups is 2. The Kier molecular flexibility index (Phi) is 7.39. The number of hydrogen-bond donors (Lipinski definition) is 1. The Bertz CT molecular complexity index is 1050. The molecule has 1 saturated heterocycles. The van der Waals surface area contributed by atoms with Crippen LogP contribution in [0, 0.1) is 6.92 Å². The van der Waals surface area contributed by atoms with Gasteiger partial charge >= 0.3 is 0 Å². The third-order valence-electron chi connectivity index (χ3n) is 5.93. The van der Waals surface area contributed by atoms with Crippen molar-refractivity contribution in [3.63, 3.8) is 0 Å². The van der Waals surface area contributed by atoms with Gasteiger partial charge < -0.3 is 19.5 Å². The van der Waals surface area contributed by atoms with E-state index in [4.69, 9.17) is 4.74 Å². The van der Waals surface area contributed by atoms with Gasteiger partial charge in [0.25, 0.3) is 0 Å². The second-order valence-corrected chi connectivity index (χ2v) is 8.15. The number of aryl methyl sites for hydroxylation is 2. The molecule has 2 amide bonds. The second-order valence-electron chi connectivity index (χ2n) is 8.15. The van der Waals surface area contributed by atoms with Crippen LogP contribution in [0.1, 0.15) is 37.5 Å². The predicted molar refractivity (Wildman–Crippen MR) is 124 cm³/mol. The molecule has 1 aliphatic rings. The summed E-state index contributed by atoms with van der Waals surface area (Å²) in [5.41, 5.74) is 0. The van der Waals surface area contributed by atoms with E-state index in [9.17, 15) is 9.59 Å². The molecule has 3 aromatic rings. The summed E-state index contributed by atoms with van der Waals surface area (Å²) in [5, 5.41) is 7.37. The number of nitrogens with zero attached hydrogens (tertiary/aromatic N) is 5. The van der Waals surface area contributed by atoms with Crippen LogP contribution >= 0.6 is 0 Å². The highest BCUT2D eigenvalue weighted by molar-refractivity contribution is 5.89. The number of imidazole rings is 1. The first-order valence-corrected chi connectivity index (χ1v) is 11.4. The molecule has 3 heterocycles. The fourth-order valence-corrected chi connectivity index (χ4v) is 4.06. The van der Waals surface area contributed by atoms with Crippen LogP contribution in [0.15, 0.2) is 55.0 Å². The molecule has 33 heavy (non-hydrogen) atoms. The molecular weight excluding hydrogens is 420 g/mol. The van der Waals surface area contributed by atoms with Gasteiger partial charge in [-0.2, -0.15) is 5.10 Å². The van der Waals surface area contributed by atoms with Crippen molar-refractivity contribution in [3.05, 3.63) is 60.8 Å². The zero-order valence-electron chi connectivity index (χ0n) is 18.9. The highest BCUT2D eigenvalue weighted by Crippen LogP contribution is 2.26. The normalized spacial score (nSPS) is 14.3. The van der Waals surface area contributed by atoms with E-state index in [2.05, 4.69) is 15.4 Å². The van der Waals surface area contributed by atoms with Crippen LogP contribution in [0.2, 0.25) is 0 Å². The highest BCUT2D eigenvalue weighted by Gasteiger charge is 2.25. The number of aromatic nitrogens is 4. The van der Waals surface area contributed by atoms with Crippen molar-refractivity contribution >= 4 is 17.6 Å². The lowest BCUT2D eigenvalue weighted by Gasteiger charge is -2.33. The second kappa shape index (κ2) is 10.8. The molecule has 0 aliphatic carbocycles. The number of benzene rings is 1. The zero-order chi connectivity index (χ0) is 23.0. The molecule has 0 atom stereocenters. The molecule has 0 bridgehead atoms. The van der Waals surface area contributed by atoms with Gasteiger partial charge in [-0.05, 0) is 31.9 Å². The number of hydrogen-bond acceptors (Lipinski definition) is 5. The number of ether oxygens (including phenoxy) is 1. The Morgan fingerprint density at radius 3 is 2.61 bits per heavy atom. The van der Waals surface area contributed by atoms with Crippen LogP contribution in [0.3, 0.4) is 0 Å². The Hall–Kier alpha value is -3.62. The maximum Gasteiger partial charge on any atom is 0.228 e. The Balaban J connectivity index is 1.22. The lowest BCUT2D eigenvalue weighted by Crippen LogP contribution is -2.39. The van der Waals surface area contributed by atoms with Crippen LogP contribution in [0.4, 0.5) is 5.82 Å². The molecule has 9 heteroatoms. The molecule has 1 aromatic carbocycles. The number of amides is 2. The minimum atomic E-state index is -0.116. The molecule has 0 unspecified atom stereocenters. The first-order chi connectivity index (χ1) is 16.1. The van der Waals surface area contributed by atoms with Gasteiger partial charge in [0, 0.05) is 44.5 Å². The molecule has 2 aromatic heterocycles. The summed E-state index contributed by atoms with van der Waals surface area (Å²) in [7, 11) is 0. The predicted octanol–water partition coefficient (Wildman–Crippen LogP) is 3.05. The summed E-state index contributed by atoms with van der Waals surface area (Å²) >= 11 is 0. The zero-order valence-corrected chi connectivity index (χ0v) is 18.9. The Morgan fingerprint density at radius 2 is 1.88 bits per heavy atom. The van der Waals surface area contributed by atoms with E-state index in [1.54, 1.807) is 18.5 Å². The molecule has 1 N–H and O–H groups in total. The lowest BCUT2D eigenvalue weighted by atomic mass is 10.0. The average molecular weight is 451 g/mol. The van der Waals surface area contributed by atoms with E-state index in [0.717, 1.165) is 24.4 Å². The number of anilines is 1. The maximum absolute atomic E-state index is 12.6. The first kappa shape index (κ1) is 22.6. The molecule has 4 rings (SSSR count). The number of nitrogens with one attached hydrogen (secondary N) is 1. The molecule has 1 fully saturated rings. The van der Waals surface area contributed by atoms with E-state index in [-0.39, 0.29) is 24.3 Å². The maximum atomic E-state index is 12.6. The first-order valence-electron chi connectivity index (χ1n) is 11.4. The van der Waals surface area contributed by atoms with Crippen LogP contribution in [-0.4, -0.2) is 55.7 Å². The van der Waals surface area contributed by atoms with E-state index in [0.29, 0.717) is 38.5 Å². The topological polar surface area (TPSA) is 94.3 Å². The number of para-hydroxylation sites is 1. The largest absolute Gasteiger partial charge is 0.493 e. The minimum absolute atomic E-state index is 0.116. The van der Waals surface area contributed by atoms with Crippen molar-refractivity contribution in [2.45, 2.75) is 45.2 Å². The fraction of sp³-hybridized carbons (Fsp3) is 0.417. The summed E-state index contributed by atoms with van der Waals surface area (Å²) in [4.78, 5) is 31.1. The van der Waals surface area contributed by atoms with Crippen molar-refractivity contribution in [2.24, 2.45) is 0 Å². The number of likely N-dealkylation sites (tertiary alicyclic amines) is 1. The average Bonchev–Trinajstić information content (AvgIpc) is 3.47. The monoisotopic (exact) mass is 450 g/mol. The van der Waals surface area contributed by atoms with E-state index in [1.807, 2.05) is 57.6 Å². The quantitative estimate of drug-likeness (QED) is 0.541. The third-order valence-corrected chi connectivity index (χ3v) is 5.93. The summed E-state index contributed by atoms with van der Waals surface area (Å²) in [6.07, 6.45) is 7.67. The molecular formula is C24H30N6O3. The molecule has 1 aliphatic heterocycles. The smallest absolute Gasteiger partial charge is 0.228 e. The van der Waals surface area contributed by atoms with E-state index < -0.39 is 0 Å². The van der Waals surface area contributed by atoms with Crippen molar-refractivity contribution in [3.8, 4) is 5.75 Å². The molecule has 174 valence electrons. The molecule has 0 saturated carbocycles. The minimum Gasteiger partial charge on any atom is -0.493 e. The van der Waals surface area contributed by atoms with Gasteiger partial charge in [0.1, 0.15) is 17.4 Å². The Morgan fingerprint density at radius 1 is 1.09 bits per heavy atom. The van der Waals surface area contributed by atoms with Crippen LogP contribution < -0.4 is 10.1 Å². The van der Waals surface area contributed by atoms with Gasteiger partial charge in [0.2, 0.25) is 11.8 Å². The lowest BCUT2D eigenvalue weighted by molar-refractivity contribution is -0.132. The van der Waals surface area contributed by atoms with E-state index in [1.165, 1.54) is 0 Å². The van der Waals surface area contributed by atoms with Gasteiger partial charge in [-0.15, -0.1) is 0 Å². The molecule has 0 radical (unpaired) electrons. The summed E-state index contributed by atoms with van der Waals surface area (Å²) in [6, 6.07) is 11.4. The number of piperidine rings is 1. The van der Waals surface area contributed by atoms with Gasteiger partial charge in [0.05, 0.1) is 25.3 Å². The standard InChI is InChI=1S/C24H30N6O3/c1-19-25-13-17-28(19)16-10-24(32)29-14-8-20(9-15-29)30-22(7-12-26-30)27-23(31)11-18-33-21-5-3-2-4-6-21/h2-7,12-13,17,20H,8-11,14-16,18H2,1H3,(H,27,31). The van der Waals surface area contributed by atoms with Crippen molar-refractivity contribution in [2.75, 3.05) is 25.0 Å². The summed E-state index contributed by atoms with van der Waals surface area (Å²) in [6.45, 7) is 4.26. The SMILES string of the molecule is Cc1nccn1CCC(=O)N1CCC(n2nccc2NC(=O)CCOc2ccccc2)CC1. The van der Waals surface area contributed by atoms with Crippen molar-refractivity contribution < 1.29 is 14.3 Å². The van der Waals surface area contributed by atoms with Gasteiger partial charge in [-0.25, -0.2) is 9.67 Å². The Labute approximate surface area is 193 Å². The van der Waals surface area contributed by atoms with Crippen molar-refractivity contribution in [1.82, 2.24) is 24.2 Å². The molecule has 9 nitrogen and oxygen atoms in total. The van der Waals surface area contributed by atoms with Crippen LogP contribution in [0.5, 0.6) is 5.75 Å². The van der Waals surface area contributed by atoms with Crippen LogP contribution in [0.25, 0.3) is 0 Å². The van der Waals surface area contributed by atoms with E-state index >= 15 is 0 Å². The van der Waals surface area contributed by atoms with Crippen LogP contribution in [-0.2, 0) is 16.1 Å². The van der Waals surface area contributed by atoms with Gasteiger partial charge in [-0.1, -0.05) is 18.2 Å². The molecule has 0 spiro atoms. The fourth-order valence-electron chi connectivity index (χ4n) is 4.06. The number of carbonyl (C=O) groups excluding carboxylic acids is 2.